The first-order valence-electron chi connectivity index (χ1n) is 9.47. The highest BCUT2D eigenvalue weighted by molar-refractivity contribution is 5.95. The average molecular weight is 356 g/mol. The zero-order valence-corrected chi connectivity index (χ0v) is 15.1. The summed E-state index contributed by atoms with van der Waals surface area (Å²) in [5.41, 5.74) is 0.536. The van der Waals surface area contributed by atoms with Gasteiger partial charge in [-0.05, 0) is 31.7 Å². The largest absolute Gasteiger partial charge is 0.490 e. The maximum Gasteiger partial charge on any atom is 0.255 e. The zero-order chi connectivity index (χ0) is 17.9. The Hall–Kier alpha value is -2.31. The molecule has 1 N–H and O–H groups in total. The van der Waals surface area contributed by atoms with Crippen molar-refractivity contribution in [3.63, 3.8) is 0 Å². The van der Waals surface area contributed by atoms with Crippen molar-refractivity contribution in [2.24, 2.45) is 0 Å². The van der Waals surface area contributed by atoms with E-state index in [9.17, 15) is 9.59 Å². The number of rotatable bonds is 1. The predicted molar refractivity (Wildman–Crippen MR) is 95.2 cm³/mol. The number of anilines is 1. The number of nitrogens with one attached hydrogen (secondary N) is 1. The monoisotopic (exact) mass is 356 g/mol. The van der Waals surface area contributed by atoms with Crippen molar-refractivity contribution in [1.29, 1.82) is 0 Å². The van der Waals surface area contributed by atoms with Gasteiger partial charge in [0.1, 0.15) is 0 Å². The van der Waals surface area contributed by atoms with Crippen LogP contribution >= 0.6 is 0 Å². The summed E-state index contributed by atoms with van der Waals surface area (Å²) in [7, 11) is 1.86. The molecule has 1 unspecified atom stereocenters. The molecule has 0 radical (unpaired) electrons. The lowest BCUT2D eigenvalue weighted by atomic mass is 9.96. The Labute approximate surface area is 152 Å². The van der Waals surface area contributed by atoms with Crippen LogP contribution in [0, 0.1) is 0 Å². The van der Waals surface area contributed by atoms with E-state index in [2.05, 4.69) is 10.3 Å². The van der Waals surface area contributed by atoms with Gasteiger partial charge in [-0.1, -0.05) is 0 Å². The molecule has 2 amide bonds. The average Bonchev–Trinajstić information content (AvgIpc) is 3.24. The van der Waals surface area contributed by atoms with Crippen LogP contribution in [0.1, 0.15) is 48.9 Å². The van der Waals surface area contributed by atoms with Crippen LogP contribution in [0.25, 0.3) is 0 Å². The first-order chi connectivity index (χ1) is 12.5. The molecule has 1 aromatic rings. The van der Waals surface area contributed by atoms with E-state index in [4.69, 9.17) is 4.74 Å². The van der Waals surface area contributed by atoms with Crippen molar-refractivity contribution in [2.45, 2.75) is 49.6 Å². The first-order valence-corrected chi connectivity index (χ1v) is 9.47. The molecule has 4 aliphatic rings. The van der Waals surface area contributed by atoms with Crippen molar-refractivity contribution in [2.75, 3.05) is 32.1 Å². The maximum absolute atomic E-state index is 13.0. The molecule has 2 saturated heterocycles. The smallest absolute Gasteiger partial charge is 0.255 e. The number of likely N-dealkylation sites (tertiary alicyclic amines) is 2. The molecule has 1 atom stereocenters. The number of ether oxygens (including phenoxy) is 1. The molecule has 0 bridgehead atoms. The maximum atomic E-state index is 13.0. The predicted octanol–water partition coefficient (Wildman–Crippen LogP) is 1.65. The molecular weight excluding hydrogens is 332 g/mol. The van der Waals surface area contributed by atoms with E-state index in [0.717, 1.165) is 37.9 Å². The highest BCUT2D eigenvalue weighted by Gasteiger charge is 2.49. The third-order valence-corrected chi connectivity index (χ3v) is 6.68. The summed E-state index contributed by atoms with van der Waals surface area (Å²) in [4.78, 5) is 33.1. The van der Waals surface area contributed by atoms with Gasteiger partial charge < -0.3 is 19.9 Å². The van der Waals surface area contributed by atoms with Gasteiger partial charge in [0, 0.05) is 44.7 Å². The Morgan fingerprint density at radius 3 is 2.85 bits per heavy atom. The molecule has 26 heavy (non-hydrogen) atoms. The van der Waals surface area contributed by atoms with Crippen LogP contribution in [-0.2, 0) is 4.79 Å². The number of carbonyl (C=O) groups excluding carboxylic acids is 2. The van der Waals surface area contributed by atoms with Gasteiger partial charge in [-0.2, -0.15) is 0 Å². The van der Waals surface area contributed by atoms with Crippen LogP contribution in [-0.4, -0.2) is 64.4 Å². The van der Waals surface area contributed by atoms with Gasteiger partial charge in [0.2, 0.25) is 5.91 Å². The van der Waals surface area contributed by atoms with Gasteiger partial charge in [0.05, 0.1) is 17.7 Å². The van der Waals surface area contributed by atoms with Gasteiger partial charge in [-0.15, -0.1) is 0 Å². The van der Waals surface area contributed by atoms with E-state index >= 15 is 0 Å². The number of hydrogen-bond donors (Lipinski definition) is 1. The molecule has 0 aromatic carbocycles. The van der Waals surface area contributed by atoms with E-state index in [1.807, 2.05) is 22.9 Å². The molecule has 3 aliphatic heterocycles. The van der Waals surface area contributed by atoms with Crippen LogP contribution < -0.4 is 10.1 Å². The molecule has 7 nitrogen and oxygen atoms in total. The summed E-state index contributed by atoms with van der Waals surface area (Å²) < 4.78 is 5.85. The van der Waals surface area contributed by atoms with Gasteiger partial charge in [0.15, 0.2) is 11.6 Å². The van der Waals surface area contributed by atoms with E-state index in [1.54, 1.807) is 6.20 Å². The molecule has 7 heteroatoms. The van der Waals surface area contributed by atoms with Crippen LogP contribution in [0.4, 0.5) is 5.82 Å². The highest BCUT2D eigenvalue weighted by atomic mass is 16.5. The number of hydrogen-bond acceptors (Lipinski definition) is 5. The summed E-state index contributed by atoms with van der Waals surface area (Å²) in [5, 5.41) is 3.49. The lowest BCUT2D eigenvalue weighted by molar-refractivity contribution is -0.129. The molecule has 1 aromatic heterocycles. The third-order valence-electron chi connectivity index (χ3n) is 6.68. The number of pyridine rings is 1. The Morgan fingerprint density at radius 2 is 2.12 bits per heavy atom. The van der Waals surface area contributed by atoms with Gasteiger partial charge in [-0.25, -0.2) is 4.98 Å². The molecule has 138 valence electrons. The van der Waals surface area contributed by atoms with E-state index < -0.39 is 0 Å². The lowest BCUT2D eigenvalue weighted by Gasteiger charge is -2.31. The summed E-state index contributed by atoms with van der Waals surface area (Å²) >= 11 is 0. The number of fused-ring (bicyclic) bond motifs is 1. The number of aromatic nitrogens is 1. The summed E-state index contributed by atoms with van der Waals surface area (Å²) in [6.45, 7) is 1.93. The van der Waals surface area contributed by atoms with Crippen LogP contribution in [0.15, 0.2) is 12.3 Å². The zero-order valence-electron chi connectivity index (χ0n) is 15.1. The molecule has 3 fully saturated rings. The van der Waals surface area contributed by atoms with Crippen molar-refractivity contribution >= 4 is 17.6 Å². The lowest BCUT2D eigenvalue weighted by Crippen LogP contribution is -2.46. The Morgan fingerprint density at radius 1 is 1.27 bits per heavy atom. The van der Waals surface area contributed by atoms with Crippen LogP contribution in [0.5, 0.6) is 5.75 Å². The molecular formula is C19H24N4O3. The van der Waals surface area contributed by atoms with Crippen molar-refractivity contribution in [3.8, 4) is 5.75 Å². The van der Waals surface area contributed by atoms with Crippen LogP contribution in [0.3, 0.4) is 0 Å². The summed E-state index contributed by atoms with van der Waals surface area (Å²) in [6, 6.07) is 1.81. The molecule has 4 heterocycles. The third kappa shape index (κ3) is 2.36. The normalized spacial score (nSPS) is 28.7. The Balaban J connectivity index is 1.35. The summed E-state index contributed by atoms with van der Waals surface area (Å²) in [6.07, 6.45) is 7.19. The second-order valence-corrected chi connectivity index (χ2v) is 8.23. The number of amides is 2. The second kappa shape index (κ2) is 5.34. The second-order valence-electron chi connectivity index (χ2n) is 8.23. The van der Waals surface area contributed by atoms with Crippen molar-refractivity contribution in [3.05, 3.63) is 17.8 Å². The minimum atomic E-state index is -0.178. The van der Waals surface area contributed by atoms with Gasteiger partial charge in [-0.3, -0.25) is 9.59 Å². The molecule has 1 saturated carbocycles. The minimum Gasteiger partial charge on any atom is -0.490 e. The summed E-state index contributed by atoms with van der Waals surface area (Å²) in [5.74, 6) is 1.57. The molecule has 2 spiro atoms. The quantitative estimate of drug-likeness (QED) is 0.828. The fourth-order valence-electron chi connectivity index (χ4n) is 4.59. The number of likely N-dealkylation sites (N-methyl/N-ethyl adjacent to an activating group) is 1. The number of nitrogens with zero attached hydrogens (tertiary/aromatic N) is 3. The van der Waals surface area contributed by atoms with Crippen molar-refractivity contribution in [1.82, 2.24) is 14.8 Å². The highest BCUT2D eigenvalue weighted by Crippen LogP contribution is 2.45. The molecule has 5 rings (SSSR count). The fraction of sp³-hybridized carbons (Fsp3) is 0.632. The standard InChI is InChI=1S/C19H24N4O3/c1-22-15(24)2-3-19(22)6-8-23(12-19)17(25)13-10-14-16(20-11-13)21-18(4-5-18)7-9-26-14/h10-11H,2-9,12H2,1H3,(H,20,21). The topological polar surface area (TPSA) is 74.8 Å². The number of carbonyl (C=O) groups is 2. The van der Waals surface area contributed by atoms with E-state index in [1.165, 1.54) is 0 Å². The Kier molecular flexibility index (Phi) is 3.27. The van der Waals surface area contributed by atoms with Gasteiger partial charge >= 0.3 is 0 Å². The Bertz CT molecular complexity index is 791. The van der Waals surface area contributed by atoms with Gasteiger partial charge in [0.25, 0.3) is 5.91 Å². The van der Waals surface area contributed by atoms with E-state index in [0.29, 0.717) is 37.4 Å². The first kappa shape index (κ1) is 15.9. The van der Waals surface area contributed by atoms with Crippen LogP contribution in [0.2, 0.25) is 0 Å². The minimum absolute atomic E-state index is 0.0288. The van der Waals surface area contributed by atoms with E-state index in [-0.39, 0.29) is 22.9 Å². The SMILES string of the molecule is CN1C(=O)CCC12CCN(C(=O)c1cnc3c(c1)OCCC1(CC1)N3)C2. The molecule has 1 aliphatic carbocycles. The fourth-order valence-corrected chi connectivity index (χ4v) is 4.59. The van der Waals surface area contributed by atoms with Crippen molar-refractivity contribution < 1.29 is 14.3 Å².